The molecule has 4 aromatic rings. The lowest BCUT2D eigenvalue weighted by Crippen LogP contribution is -2.36. The molecule has 0 aromatic heterocycles. The summed E-state index contributed by atoms with van der Waals surface area (Å²) in [7, 11) is -2.18. The zero-order valence-electron chi connectivity index (χ0n) is 18.4. The number of carbonyl (C=O) groups is 1. The fourth-order valence-corrected chi connectivity index (χ4v) is 8.08. The number of rotatable bonds is 6. The van der Waals surface area contributed by atoms with Gasteiger partial charge in [-0.1, -0.05) is 83.4 Å². The molecule has 0 atom stereocenters. The molecule has 154 valence electrons. The van der Waals surface area contributed by atoms with Gasteiger partial charge in [0.2, 0.25) is 5.78 Å². The Kier molecular flexibility index (Phi) is 6.16. The molecule has 0 saturated carbocycles. The van der Waals surface area contributed by atoms with Gasteiger partial charge < -0.3 is 0 Å². The summed E-state index contributed by atoms with van der Waals surface area (Å²) in [6.45, 7) is 6.32. The van der Waals surface area contributed by atoms with Crippen LogP contribution in [0.1, 0.15) is 27.0 Å². The van der Waals surface area contributed by atoms with Crippen LogP contribution in [0.25, 0.3) is 0 Å². The highest BCUT2D eigenvalue weighted by molar-refractivity contribution is 7.96. The van der Waals surface area contributed by atoms with Crippen molar-refractivity contribution in [2.24, 2.45) is 0 Å². The lowest BCUT2D eigenvalue weighted by molar-refractivity contribution is 0.102. The van der Waals surface area contributed by atoms with Gasteiger partial charge in [0.15, 0.2) is 0 Å². The number of Topliss-reactive ketones (excluding diaryl/α,β-unsaturated/α-hetero) is 1. The summed E-state index contributed by atoms with van der Waals surface area (Å²) in [6, 6.07) is 36.0. The predicted molar refractivity (Wildman–Crippen MR) is 135 cm³/mol. The van der Waals surface area contributed by atoms with Gasteiger partial charge in [0.25, 0.3) is 0 Å². The van der Waals surface area contributed by atoms with Crippen molar-refractivity contribution in [1.82, 2.24) is 0 Å². The van der Waals surface area contributed by atoms with Crippen LogP contribution in [0.5, 0.6) is 0 Å². The smallest absolute Gasteiger partial charge is 0.201 e. The van der Waals surface area contributed by atoms with Crippen LogP contribution in [-0.2, 0) is 0 Å². The van der Waals surface area contributed by atoms with E-state index in [4.69, 9.17) is 0 Å². The van der Waals surface area contributed by atoms with Gasteiger partial charge in [-0.05, 0) is 57.2 Å². The van der Waals surface area contributed by atoms with E-state index in [2.05, 4.69) is 93.6 Å². The third kappa shape index (κ3) is 4.38. The molecule has 0 spiro atoms. The van der Waals surface area contributed by atoms with Gasteiger partial charge in [-0.2, -0.15) is 0 Å². The third-order valence-corrected chi connectivity index (χ3v) is 10.2. The summed E-state index contributed by atoms with van der Waals surface area (Å²) >= 11 is 0. The second-order valence-electron chi connectivity index (χ2n) is 8.26. The van der Waals surface area contributed by atoms with E-state index in [0.29, 0.717) is 6.16 Å². The highest BCUT2D eigenvalue weighted by Gasteiger charge is 2.47. The molecule has 31 heavy (non-hydrogen) atoms. The number of hydrogen-bond acceptors (Lipinski definition) is 1. The molecule has 0 aliphatic rings. The van der Waals surface area contributed by atoms with Crippen molar-refractivity contribution in [2.75, 3.05) is 6.16 Å². The zero-order valence-corrected chi connectivity index (χ0v) is 19.3. The van der Waals surface area contributed by atoms with Crippen molar-refractivity contribution in [3.8, 4) is 0 Å². The quantitative estimate of drug-likeness (QED) is 0.283. The van der Waals surface area contributed by atoms with Crippen molar-refractivity contribution in [2.45, 2.75) is 20.8 Å². The largest absolute Gasteiger partial charge is 0.290 e. The molecule has 0 bridgehead atoms. The van der Waals surface area contributed by atoms with Crippen LogP contribution in [0.2, 0.25) is 0 Å². The minimum atomic E-state index is -2.18. The van der Waals surface area contributed by atoms with Crippen LogP contribution < -0.4 is 15.9 Å². The van der Waals surface area contributed by atoms with Crippen molar-refractivity contribution in [3.63, 3.8) is 0 Å². The maximum absolute atomic E-state index is 13.6. The second kappa shape index (κ2) is 9.00. The monoisotopic (exact) mass is 423 g/mol. The van der Waals surface area contributed by atoms with E-state index in [1.54, 1.807) is 0 Å². The Hall–Kier alpha value is -3.02. The van der Waals surface area contributed by atoms with Crippen LogP contribution >= 0.6 is 7.26 Å². The van der Waals surface area contributed by atoms with Crippen LogP contribution in [0.3, 0.4) is 0 Å². The number of benzene rings is 4. The standard InChI is InChI=1S/C29H28OP/c1-22-9-15-26(16-10-22)31(27-17-11-23(2)12-18-27,28-19-13-24(3)14-20-28)21-29(30)25-7-5-4-6-8-25/h4-20H,21H2,1-3H3/q+1. The first-order valence-electron chi connectivity index (χ1n) is 10.7. The highest BCUT2D eigenvalue weighted by atomic mass is 31.2. The van der Waals surface area contributed by atoms with Gasteiger partial charge in [-0.3, -0.25) is 4.79 Å². The first-order valence-corrected chi connectivity index (χ1v) is 12.6. The maximum atomic E-state index is 13.6. The van der Waals surface area contributed by atoms with E-state index >= 15 is 0 Å². The van der Waals surface area contributed by atoms with E-state index in [0.717, 1.165) is 5.56 Å². The molecule has 2 heteroatoms. The van der Waals surface area contributed by atoms with Crippen molar-refractivity contribution in [3.05, 3.63) is 125 Å². The molecule has 0 unspecified atom stereocenters. The Morgan fingerprint density at radius 3 is 1.26 bits per heavy atom. The van der Waals surface area contributed by atoms with Crippen LogP contribution in [0.15, 0.2) is 103 Å². The fourth-order valence-electron chi connectivity index (χ4n) is 4.05. The van der Waals surface area contributed by atoms with Gasteiger partial charge in [0, 0.05) is 5.56 Å². The Balaban J connectivity index is 1.97. The SMILES string of the molecule is Cc1ccc([P+](CC(=O)c2ccccc2)(c2ccc(C)cc2)c2ccc(C)cc2)cc1. The molecule has 0 N–H and O–H groups in total. The minimum absolute atomic E-state index is 0.190. The summed E-state index contributed by atoms with van der Waals surface area (Å²) in [5.74, 6) is 0.190. The zero-order chi connectivity index (χ0) is 21.8. The summed E-state index contributed by atoms with van der Waals surface area (Å²) in [6.07, 6.45) is 0.478. The van der Waals surface area contributed by atoms with Crippen molar-refractivity contribution in [1.29, 1.82) is 0 Å². The van der Waals surface area contributed by atoms with Gasteiger partial charge in [-0.25, -0.2) is 0 Å². The molecular formula is C29H28OP+. The number of hydrogen-bond donors (Lipinski definition) is 0. The second-order valence-corrected chi connectivity index (χ2v) is 11.7. The molecule has 4 aromatic carbocycles. The summed E-state index contributed by atoms with van der Waals surface area (Å²) < 4.78 is 0. The number of aryl methyl sites for hydroxylation is 3. The topological polar surface area (TPSA) is 17.1 Å². The average molecular weight is 424 g/mol. The lowest BCUT2D eigenvalue weighted by atomic mass is 10.2. The molecule has 0 fully saturated rings. The Bertz CT molecular complexity index is 1050. The average Bonchev–Trinajstić information content (AvgIpc) is 2.80. The Labute approximate surface area is 186 Å². The molecular weight excluding hydrogens is 395 g/mol. The van der Waals surface area contributed by atoms with Crippen molar-refractivity contribution >= 4 is 29.0 Å². The predicted octanol–water partition coefficient (Wildman–Crippen LogP) is 5.79. The number of ketones is 1. The summed E-state index contributed by atoms with van der Waals surface area (Å²) in [5, 5.41) is 3.74. The van der Waals surface area contributed by atoms with Crippen LogP contribution in [0.4, 0.5) is 0 Å². The Morgan fingerprint density at radius 2 is 0.903 bits per heavy atom. The molecule has 1 nitrogen and oxygen atoms in total. The first kappa shape index (κ1) is 21.2. The van der Waals surface area contributed by atoms with E-state index in [-0.39, 0.29) is 5.78 Å². The number of carbonyl (C=O) groups excluding carboxylic acids is 1. The van der Waals surface area contributed by atoms with Crippen LogP contribution in [-0.4, -0.2) is 11.9 Å². The van der Waals surface area contributed by atoms with Crippen LogP contribution in [0, 0.1) is 20.8 Å². The molecule has 4 rings (SSSR count). The summed E-state index contributed by atoms with van der Waals surface area (Å²) in [4.78, 5) is 13.6. The lowest BCUT2D eigenvalue weighted by Gasteiger charge is -2.27. The first-order chi connectivity index (χ1) is 15.0. The summed E-state index contributed by atoms with van der Waals surface area (Å²) in [5.41, 5.74) is 4.45. The molecule has 0 heterocycles. The Morgan fingerprint density at radius 1 is 0.548 bits per heavy atom. The third-order valence-electron chi connectivity index (χ3n) is 5.90. The minimum Gasteiger partial charge on any atom is -0.290 e. The maximum Gasteiger partial charge on any atom is 0.201 e. The normalized spacial score (nSPS) is 11.3. The molecule has 0 aliphatic heterocycles. The molecule has 0 amide bonds. The molecule has 0 saturated heterocycles. The van der Waals surface area contributed by atoms with Crippen molar-refractivity contribution < 1.29 is 4.79 Å². The highest BCUT2D eigenvalue weighted by Crippen LogP contribution is 2.55. The van der Waals surface area contributed by atoms with E-state index in [1.807, 2.05) is 30.3 Å². The van der Waals surface area contributed by atoms with Gasteiger partial charge >= 0.3 is 0 Å². The fraction of sp³-hybridized carbons (Fsp3) is 0.138. The molecule has 0 aliphatic carbocycles. The van der Waals surface area contributed by atoms with Gasteiger partial charge in [0.05, 0.1) is 0 Å². The van der Waals surface area contributed by atoms with Gasteiger partial charge in [-0.15, -0.1) is 0 Å². The van der Waals surface area contributed by atoms with E-state index in [1.165, 1.54) is 32.6 Å². The molecule has 0 radical (unpaired) electrons. The van der Waals surface area contributed by atoms with E-state index < -0.39 is 7.26 Å². The van der Waals surface area contributed by atoms with Gasteiger partial charge in [0.1, 0.15) is 29.3 Å². The van der Waals surface area contributed by atoms with E-state index in [9.17, 15) is 4.79 Å².